The molecular formula is C25H29N3O2S. The number of aromatic nitrogens is 1. The molecule has 162 valence electrons. The van der Waals surface area contributed by atoms with E-state index in [1.54, 1.807) is 0 Å². The van der Waals surface area contributed by atoms with Gasteiger partial charge in [0, 0.05) is 22.3 Å². The van der Waals surface area contributed by atoms with E-state index in [1.165, 1.54) is 0 Å². The molecule has 1 N–H and O–H groups in total. The summed E-state index contributed by atoms with van der Waals surface area (Å²) in [5.41, 5.74) is 3.88. The molecule has 5 nitrogen and oxygen atoms in total. The Labute approximate surface area is 184 Å². The highest BCUT2D eigenvalue weighted by molar-refractivity contribution is 7.92. The lowest BCUT2D eigenvalue weighted by Gasteiger charge is -2.24. The van der Waals surface area contributed by atoms with Gasteiger partial charge >= 0.3 is 0 Å². The van der Waals surface area contributed by atoms with E-state index < -0.39 is 10.0 Å². The normalized spacial score (nSPS) is 13.2. The fourth-order valence-corrected chi connectivity index (χ4v) is 5.23. The zero-order chi connectivity index (χ0) is 22.2. The zero-order valence-electron chi connectivity index (χ0n) is 18.5. The van der Waals surface area contributed by atoms with Gasteiger partial charge in [0.1, 0.15) is 0 Å². The third-order valence-electron chi connectivity index (χ3n) is 5.95. The summed E-state index contributed by atoms with van der Waals surface area (Å²) < 4.78 is 30.6. The van der Waals surface area contributed by atoms with Gasteiger partial charge in [-0.1, -0.05) is 42.5 Å². The quantitative estimate of drug-likeness (QED) is 0.436. The zero-order valence-corrected chi connectivity index (χ0v) is 19.3. The highest BCUT2D eigenvalue weighted by Crippen LogP contribution is 2.28. The second kappa shape index (κ2) is 8.36. The number of aryl methyl sites for hydroxylation is 2. The fourth-order valence-electron chi connectivity index (χ4n) is 4.15. The standard InChI is InChI=1S/C25H29N3O2S/c1-18-16-22-17-23(12-13-25(22)28(18)19(2)27(3)4)26-31(29,30)15-14-21-10-7-9-20-8-5-6-11-24(20)21/h5-13,16-17,19,26H,14-15H2,1-4H3. The van der Waals surface area contributed by atoms with E-state index in [1.807, 2.05) is 74.8 Å². The Balaban J connectivity index is 1.54. The second-order valence-electron chi connectivity index (χ2n) is 8.33. The Morgan fingerprint density at radius 3 is 2.48 bits per heavy atom. The number of nitrogens with zero attached hydrogens (tertiary/aromatic N) is 2. The summed E-state index contributed by atoms with van der Waals surface area (Å²) >= 11 is 0. The lowest BCUT2D eigenvalue weighted by molar-refractivity contribution is 0.242. The molecule has 0 aliphatic rings. The van der Waals surface area contributed by atoms with Crippen molar-refractivity contribution < 1.29 is 8.42 Å². The summed E-state index contributed by atoms with van der Waals surface area (Å²) in [4.78, 5) is 2.15. The molecule has 0 bridgehead atoms. The first kappa shape index (κ1) is 21.4. The average Bonchev–Trinajstić information content (AvgIpc) is 3.06. The molecule has 0 aliphatic carbocycles. The van der Waals surface area contributed by atoms with Crippen molar-refractivity contribution in [1.29, 1.82) is 0 Å². The minimum Gasteiger partial charge on any atom is -0.329 e. The van der Waals surface area contributed by atoms with Crippen molar-refractivity contribution in [2.24, 2.45) is 0 Å². The molecule has 0 saturated carbocycles. The summed E-state index contributed by atoms with van der Waals surface area (Å²) in [5, 5.41) is 3.26. The molecule has 31 heavy (non-hydrogen) atoms. The highest BCUT2D eigenvalue weighted by atomic mass is 32.2. The van der Waals surface area contributed by atoms with Crippen LogP contribution in [-0.4, -0.2) is 37.7 Å². The SMILES string of the molecule is Cc1cc2cc(NS(=O)(=O)CCc3cccc4ccccc34)ccc2n1C(C)N(C)C. The predicted molar refractivity (Wildman–Crippen MR) is 130 cm³/mol. The van der Waals surface area contributed by atoms with Crippen LogP contribution in [0, 0.1) is 6.92 Å². The van der Waals surface area contributed by atoms with Crippen molar-refractivity contribution in [1.82, 2.24) is 9.47 Å². The van der Waals surface area contributed by atoms with Gasteiger partial charge in [-0.2, -0.15) is 0 Å². The van der Waals surface area contributed by atoms with Crippen LogP contribution in [0.3, 0.4) is 0 Å². The Morgan fingerprint density at radius 2 is 1.71 bits per heavy atom. The largest absolute Gasteiger partial charge is 0.329 e. The van der Waals surface area contributed by atoms with Crippen LogP contribution >= 0.6 is 0 Å². The summed E-state index contributed by atoms with van der Waals surface area (Å²) in [5.74, 6) is 0.0384. The van der Waals surface area contributed by atoms with Gasteiger partial charge in [0.2, 0.25) is 10.0 Å². The third kappa shape index (κ3) is 4.45. The highest BCUT2D eigenvalue weighted by Gasteiger charge is 2.16. The summed E-state index contributed by atoms with van der Waals surface area (Å²) in [6, 6.07) is 21.9. The molecule has 1 atom stereocenters. The molecule has 0 aliphatic heterocycles. The van der Waals surface area contributed by atoms with Gasteiger partial charge in [0.15, 0.2) is 0 Å². The minimum absolute atomic E-state index is 0.0384. The van der Waals surface area contributed by atoms with Gasteiger partial charge in [0.05, 0.1) is 11.9 Å². The lowest BCUT2D eigenvalue weighted by Crippen LogP contribution is -2.23. The van der Waals surface area contributed by atoms with Crippen LogP contribution in [0.2, 0.25) is 0 Å². The number of hydrogen-bond acceptors (Lipinski definition) is 3. The monoisotopic (exact) mass is 435 g/mol. The second-order valence-corrected chi connectivity index (χ2v) is 10.2. The average molecular weight is 436 g/mol. The van der Waals surface area contributed by atoms with Crippen molar-refractivity contribution in [2.45, 2.75) is 26.4 Å². The summed E-state index contributed by atoms with van der Waals surface area (Å²) in [6.07, 6.45) is 0.676. The maximum atomic E-state index is 12.8. The van der Waals surface area contributed by atoms with Crippen molar-refractivity contribution in [3.05, 3.63) is 78.0 Å². The van der Waals surface area contributed by atoms with Crippen molar-refractivity contribution in [3.63, 3.8) is 0 Å². The van der Waals surface area contributed by atoms with E-state index in [-0.39, 0.29) is 11.9 Å². The lowest BCUT2D eigenvalue weighted by atomic mass is 10.0. The molecule has 1 aromatic heterocycles. The molecule has 4 rings (SSSR count). The Bertz CT molecular complexity index is 1330. The van der Waals surface area contributed by atoms with Crippen molar-refractivity contribution in [3.8, 4) is 0 Å². The van der Waals surface area contributed by atoms with E-state index in [9.17, 15) is 8.42 Å². The van der Waals surface area contributed by atoms with Crippen LogP contribution in [0.25, 0.3) is 21.7 Å². The number of sulfonamides is 1. The van der Waals surface area contributed by atoms with Crippen LogP contribution in [0.1, 0.15) is 24.3 Å². The number of anilines is 1. The van der Waals surface area contributed by atoms with Gasteiger partial charge in [-0.05, 0) is 75.0 Å². The van der Waals surface area contributed by atoms with E-state index >= 15 is 0 Å². The summed E-state index contributed by atoms with van der Waals surface area (Å²) in [7, 11) is 0.632. The van der Waals surface area contributed by atoms with Crippen LogP contribution in [0.4, 0.5) is 5.69 Å². The topological polar surface area (TPSA) is 54.3 Å². The molecule has 0 saturated heterocycles. The number of benzene rings is 3. The van der Waals surface area contributed by atoms with Crippen molar-refractivity contribution in [2.75, 3.05) is 24.6 Å². The summed E-state index contributed by atoms with van der Waals surface area (Å²) in [6.45, 7) is 4.23. The van der Waals surface area contributed by atoms with Gasteiger partial charge in [-0.15, -0.1) is 0 Å². The first-order chi connectivity index (χ1) is 14.7. The number of hydrogen-bond donors (Lipinski definition) is 1. The Kier molecular flexibility index (Phi) is 5.77. The van der Waals surface area contributed by atoms with Gasteiger partial charge < -0.3 is 4.57 Å². The number of rotatable bonds is 7. The van der Waals surface area contributed by atoms with Crippen LogP contribution in [0.5, 0.6) is 0 Å². The van der Waals surface area contributed by atoms with Crippen molar-refractivity contribution >= 4 is 37.4 Å². The van der Waals surface area contributed by atoms with E-state index in [0.717, 1.165) is 32.9 Å². The molecule has 1 heterocycles. The van der Waals surface area contributed by atoms with Crippen LogP contribution < -0.4 is 4.72 Å². The predicted octanol–water partition coefficient (Wildman–Crippen LogP) is 5.17. The molecule has 0 spiro atoms. The molecular weight excluding hydrogens is 406 g/mol. The van der Waals surface area contributed by atoms with E-state index in [2.05, 4.69) is 34.1 Å². The van der Waals surface area contributed by atoms with E-state index in [0.29, 0.717) is 12.1 Å². The number of fused-ring (bicyclic) bond motifs is 2. The molecule has 4 aromatic rings. The Morgan fingerprint density at radius 1 is 0.968 bits per heavy atom. The third-order valence-corrected chi connectivity index (χ3v) is 7.23. The molecule has 6 heteroatoms. The minimum atomic E-state index is -3.47. The first-order valence-electron chi connectivity index (χ1n) is 10.5. The smallest absolute Gasteiger partial charge is 0.233 e. The molecule has 3 aromatic carbocycles. The Hall–Kier alpha value is -2.83. The molecule has 0 fully saturated rings. The maximum absolute atomic E-state index is 12.8. The first-order valence-corrected chi connectivity index (χ1v) is 12.2. The molecule has 1 unspecified atom stereocenters. The van der Waals surface area contributed by atoms with Gasteiger partial charge in [-0.3, -0.25) is 9.62 Å². The van der Waals surface area contributed by atoms with Crippen LogP contribution in [-0.2, 0) is 16.4 Å². The van der Waals surface area contributed by atoms with Crippen LogP contribution in [0.15, 0.2) is 66.7 Å². The maximum Gasteiger partial charge on any atom is 0.233 e. The molecule has 0 amide bonds. The van der Waals surface area contributed by atoms with Gasteiger partial charge in [0.25, 0.3) is 0 Å². The molecule has 0 radical (unpaired) electrons. The van der Waals surface area contributed by atoms with Gasteiger partial charge in [-0.25, -0.2) is 8.42 Å². The fraction of sp³-hybridized carbons (Fsp3) is 0.280. The number of nitrogens with one attached hydrogen (secondary N) is 1. The van der Waals surface area contributed by atoms with E-state index in [4.69, 9.17) is 0 Å².